The molecule has 0 heterocycles. The third-order valence-corrected chi connectivity index (χ3v) is 4.42. The van der Waals surface area contributed by atoms with E-state index in [1.54, 1.807) is 0 Å². The molecule has 0 atom stereocenters. The smallest absolute Gasteiger partial charge is 0.533 e. The van der Waals surface area contributed by atoms with Crippen LogP contribution in [-0.4, -0.2) is 10.2 Å². The van der Waals surface area contributed by atoms with Crippen LogP contribution in [0.15, 0.2) is 0 Å². The normalized spacial score (nSPS) is 9.74. The van der Waals surface area contributed by atoms with Gasteiger partial charge in [0.1, 0.15) is 0 Å². The molecule has 2 aromatic rings. The number of phenolic OH excluding ortho intramolecular Hbond substituents is 2. The van der Waals surface area contributed by atoms with Gasteiger partial charge in [0.15, 0.2) is 0 Å². The molecule has 0 bridgehead atoms. The Morgan fingerprint density at radius 3 is 0.826 bits per heavy atom. The fourth-order valence-electron chi connectivity index (χ4n) is 2.21. The minimum Gasteiger partial charge on any atom is -0.533 e. The van der Waals surface area contributed by atoms with E-state index in [0.717, 1.165) is 44.5 Å². The molecule has 0 aliphatic carbocycles. The molecular weight excluding hydrogens is 456 g/mol. The van der Waals surface area contributed by atoms with Crippen LogP contribution in [0.2, 0.25) is 0 Å². The molecule has 0 radical (unpaired) electrons. The first kappa shape index (κ1) is 21.7. The van der Waals surface area contributed by atoms with Crippen LogP contribution in [-0.2, 0) is 21.1 Å². The predicted octanol–water partition coefficient (Wildman–Crippen LogP) is 4.85. The van der Waals surface area contributed by atoms with Crippen molar-refractivity contribution in [3.8, 4) is 11.5 Å². The van der Waals surface area contributed by atoms with Crippen LogP contribution in [0.5, 0.6) is 11.5 Å². The molecule has 0 aliphatic rings. The standard InChI is InChI=1S/2C10H13O.W/c2*1-6-5-7(2)9(4)10(11)8(6)3;/h2*11H,1-4H3;/q2*-1;+2. The second kappa shape index (κ2) is 8.54. The van der Waals surface area contributed by atoms with Gasteiger partial charge in [0.05, 0.1) is 0 Å². The van der Waals surface area contributed by atoms with E-state index >= 15 is 0 Å². The zero-order chi connectivity index (χ0) is 17.2. The van der Waals surface area contributed by atoms with Gasteiger partial charge in [-0.25, -0.2) is 0 Å². The van der Waals surface area contributed by atoms with Crippen molar-refractivity contribution in [2.24, 2.45) is 0 Å². The van der Waals surface area contributed by atoms with Crippen LogP contribution in [0.1, 0.15) is 44.5 Å². The molecule has 2 rings (SSSR count). The number of aryl methyl sites for hydroxylation is 4. The zero-order valence-corrected chi connectivity index (χ0v) is 18.2. The van der Waals surface area contributed by atoms with Crippen molar-refractivity contribution in [2.75, 3.05) is 0 Å². The van der Waals surface area contributed by atoms with Crippen LogP contribution in [0.4, 0.5) is 0 Å². The molecular formula is C20H26O2W. The molecule has 2 aromatic carbocycles. The summed E-state index contributed by atoms with van der Waals surface area (Å²) in [5.74, 6) is 0.831. The van der Waals surface area contributed by atoms with Gasteiger partial charge in [0.25, 0.3) is 0 Å². The van der Waals surface area contributed by atoms with Crippen LogP contribution in [0, 0.1) is 67.5 Å². The molecule has 0 aromatic heterocycles. The average molecular weight is 482 g/mol. The predicted molar refractivity (Wildman–Crippen MR) is 91.8 cm³/mol. The number of aromatic hydroxyl groups is 2. The summed E-state index contributed by atoms with van der Waals surface area (Å²) in [7, 11) is 0. The Hall–Kier alpha value is -1.27. The first-order valence-corrected chi connectivity index (χ1v) is 7.45. The van der Waals surface area contributed by atoms with Crippen molar-refractivity contribution in [2.45, 2.75) is 55.4 Å². The maximum Gasteiger partial charge on any atom is 2.00 e. The molecule has 3 heteroatoms. The van der Waals surface area contributed by atoms with E-state index in [-0.39, 0.29) is 21.1 Å². The van der Waals surface area contributed by atoms with Crippen molar-refractivity contribution in [3.63, 3.8) is 0 Å². The number of phenols is 2. The number of benzene rings is 2. The molecule has 2 nitrogen and oxygen atoms in total. The molecule has 0 saturated heterocycles. The van der Waals surface area contributed by atoms with E-state index in [1.807, 2.05) is 55.4 Å². The number of hydrogen-bond donors (Lipinski definition) is 2. The third kappa shape index (κ3) is 4.85. The Kier molecular flexibility index (Phi) is 8.07. The molecule has 0 fully saturated rings. The first-order chi connectivity index (χ1) is 10.1. The third-order valence-electron chi connectivity index (χ3n) is 4.42. The maximum absolute atomic E-state index is 9.55. The van der Waals surface area contributed by atoms with Gasteiger partial charge >= 0.3 is 21.1 Å². The molecule has 2 N–H and O–H groups in total. The van der Waals surface area contributed by atoms with Gasteiger partial charge in [-0.3, -0.25) is 0 Å². The van der Waals surface area contributed by atoms with Gasteiger partial charge in [-0.2, -0.15) is 34.4 Å². The van der Waals surface area contributed by atoms with Crippen LogP contribution in [0.3, 0.4) is 0 Å². The molecule has 124 valence electrons. The largest absolute Gasteiger partial charge is 2.00 e. The second-order valence-corrected chi connectivity index (χ2v) is 5.95. The minimum atomic E-state index is 0. The monoisotopic (exact) mass is 482 g/mol. The van der Waals surface area contributed by atoms with Gasteiger partial charge in [-0.05, 0) is 0 Å². The van der Waals surface area contributed by atoms with Gasteiger partial charge in [0, 0.05) is 11.5 Å². The molecule has 0 aliphatic heterocycles. The van der Waals surface area contributed by atoms with Crippen LogP contribution < -0.4 is 0 Å². The second-order valence-electron chi connectivity index (χ2n) is 5.95. The Bertz CT molecular complexity index is 590. The molecule has 0 amide bonds. The fraction of sp³-hybridized carbons (Fsp3) is 0.400. The summed E-state index contributed by atoms with van der Waals surface area (Å²) in [4.78, 5) is 0. The summed E-state index contributed by atoms with van der Waals surface area (Å²) in [6.45, 7) is 15.5. The van der Waals surface area contributed by atoms with Gasteiger partial charge in [-0.15, -0.1) is 22.3 Å². The van der Waals surface area contributed by atoms with E-state index in [1.165, 1.54) is 0 Å². The summed E-state index contributed by atoms with van der Waals surface area (Å²) >= 11 is 0. The summed E-state index contributed by atoms with van der Waals surface area (Å²) in [6, 6.07) is 6.38. The summed E-state index contributed by atoms with van der Waals surface area (Å²) in [5.41, 5.74) is 7.88. The molecule has 0 unspecified atom stereocenters. The van der Waals surface area contributed by atoms with Gasteiger partial charge in [-0.1, -0.05) is 55.4 Å². The van der Waals surface area contributed by atoms with E-state index < -0.39 is 0 Å². The van der Waals surface area contributed by atoms with Crippen LogP contribution >= 0.6 is 0 Å². The Morgan fingerprint density at radius 2 is 0.652 bits per heavy atom. The topological polar surface area (TPSA) is 40.5 Å². The molecule has 0 spiro atoms. The minimum absolute atomic E-state index is 0. The molecule has 23 heavy (non-hydrogen) atoms. The Balaban J connectivity index is 0.000000403. The Labute approximate surface area is 154 Å². The molecule has 0 saturated carbocycles. The summed E-state index contributed by atoms with van der Waals surface area (Å²) in [6.07, 6.45) is 0. The van der Waals surface area contributed by atoms with Crippen molar-refractivity contribution in [1.82, 2.24) is 0 Å². The number of hydrogen-bond acceptors (Lipinski definition) is 2. The summed E-state index contributed by atoms with van der Waals surface area (Å²) < 4.78 is 0. The Morgan fingerprint density at radius 1 is 0.478 bits per heavy atom. The van der Waals surface area contributed by atoms with Crippen molar-refractivity contribution < 1.29 is 31.3 Å². The average Bonchev–Trinajstić information content (AvgIpc) is 2.47. The van der Waals surface area contributed by atoms with E-state index in [9.17, 15) is 10.2 Å². The van der Waals surface area contributed by atoms with E-state index in [2.05, 4.69) is 12.1 Å². The fourth-order valence-corrected chi connectivity index (χ4v) is 2.21. The van der Waals surface area contributed by atoms with E-state index in [0.29, 0.717) is 11.5 Å². The van der Waals surface area contributed by atoms with Crippen molar-refractivity contribution >= 4 is 0 Å². The van der Waals surface area contributed by atoms with Crippen molar-refractivity contribution in [3.05, 3.63) is 56.6 Å². The number of rotatable bonds is 0. The zero-order valence-electron chi connectivity index (χ0n) is 15.3. The quantitative estimate of drug-likeness (QED) is 0.528. The first-order valence-electron chi connectivity index (χ1n) is 7.45. The summed E-state index contributed by atoms with van der Waals surface area (Å²) in [5, 5.41) is 19.1. The van der Waals surface area contributed by atoms with Gasteiger partial charge < -0.3 is 10.2 Å². The SMILES string of the molecule is Cc1[c-]c(C)c(C)c(O)c1C.Cc1[c-]c(C)c(C)c(O)c1C.[W+2]. The maximum atomic E-state index is 9.55. The van der Waals surface area contributed by atoms with E-state index in [4.69, 9.17) is 0 Å². The van der Waals surface area contributed by atoms with Gasteiger partial charge in [0.2, 0.25) is 0 Å². The van der Waals surface area contributed by atoms with Crippen LogP contribution in [0.25, 0.3) is 0 Å². The van der Waals surface area contributed by atoms with Crippen molar-refractivity contribution in [1.29, 1.82) is 0 Å².